The van der Waals surface area contributed by atoms with Gasteiger partial charge in [-0.2, -0.15) is 0 Å². The molecule has 0 aromatic heterocycles. The highest BCUT2D eigenvalue weighted by Crippen LogP contribution is 2.38. The summed E-state index contributed by atoms with van der Waals surface area (Å²) in [4.78, 5) is 45.7. The average molecular weight is 637 g/mol. The Morgan fingerprint density at radius 3 is 1.52 bits per heavy atom. The lowest BCUT2D eigenvalue weighted by atomic mass is 9.72. The number of aliphatic hydroxyl groups excluding tert-OH is 4. The second kappa shape index (κ2) is 25.4. The minimum absolute atomic E-state index is 0.00648. The van der Waals surface area contributed by atoms with Crippen LogP contribution in [0.3, 0.4) is 0 Å². The zero-order valence-electron chi connectivity index (χ0n) is 27.7. The first-order chi connectivity index (χ1) is 20.4. The second-order valence-corrected chi connectivity index (χ2v) is 10.9. The van der Waals surface area contributed by atoms with Crippen molar-refractivity contribution in [3.63, 3.8) is 0 Å². The van der Waals surface area contributed by atoms with Crippen molar-refractivity contribution < 1.29 is 58.6 Å². The van der Waals surface area contributed by atoms with E-state index < -0.39 is 46.9 Å². The molecule has 0 heterocycles. The summed E-state index contributed by atoms with van der Waals surface area (Å²) in [5, 5.41) is 41.2. The van der Waals surface area contributed by atoms with Crippen molar-refractivity contribution in [2.75, 3.05) is 66.8 Å². The molecular weight excluding hydrogens is 580 g/mol. The van der Waals surface area contributed by atoms with Crippen LogP contribution in [0.25, 0.3) is 0 Å². The number of nitrogens with one attached hydrogen (secondary N) is 2. The number of aliphatic hydroxyl groups is 4. The maximum Gasteiger partial charge on any atom is 0.333 e. The standard InChI is InChI=1S/C16H31NO6.C8H15NO3.C6H10O3/c1-6-16(4,14(21)22-8-7-18)11-15(2,3)13(20)23-10-12(19)9-17-5;1-6(2)8(11)12-5-7(10)4-9-3;1-5(2)6(8)9-4-3-7/h12,17-19H,6-11H2,1-5H3;7,9-10H,1,4-5H2,2-3H3;7H,1,3-4H2,2H3. The molecular formula is C30H56N2O12. The van der Waals surface area contributed by atoms with E-state index in [1.165, 1.54) is 0 Å². The summed E-state index contributed by atoms with van der Waals surface area (Å²) in [5.74, 6) is -1.83. The number of likely N-dealkylation sites (N-methyl/N-ethyl adjacent to an activating group) is 2. The predicted molar refractivity (Wildman–Crippen MR) is 164 cm³/mol. The van der Waals surface area contributed by atoms with Crippen LogP contribution in [-0.2, 0) is 38.1 Å². The van der Waals surface area contributed by atoms with Gasteiger partial charge < -0.3 is 50.0 Å². The molecule has 0 aliphatic carbocycles. The first-order valence-electron chi connectivity index (χ1n) is 14.3. The molecule has 0 aromatic carbocycles. The van der Waals surface area contributed by atoms with Gasteiger partial charge in [0.2, 0.25) is 0 Å². The molecule has 0 radical (unpaired) electrons. The Hall–Kier alpha value is -2.88. The van der Waals surface area contributed by atoms with Gasteiger partial charge in [-0.25, -0.2) is 9.59 Å². The number of esters is 4. The van der Waals surface area contributed by atoms with Crippen molar-refractivity contribution in [1.82, 2.24) is 10.6 Å². The Kier molecular flexibility index (Phi) is 26.3. The summed E-state index contributed by atoms with van der Waals surface area (Å²) in [5.41, 5.74) is -1.06. The zero-order valence-corrected chi connectivity index (χ0v) is 27.7. The quantitative estimate of drug-likeness (QED) is 0.0638. The van der Waals surface area contributed by atoms with E-state index in [4.69, 9.17) is 24.8 Å². The topological polar surface area (TPSA) is 210 Å². The monoisotopic (exact) mass is 636 g/mol. The summed E-state index contributed by atoms with van der Waals surface area (Å²) in [6.45, 7) is 17.1. The first kappa shape index (κ1) is 45.5. The van der Waals surface area contributed by atoms with Crippen LogP contribution >= 0.6 is 0 Å². The molecule has 0 spiro atoms. The summed E-state index contributed by atoms with van der Waals surface area (Å²) >= 11 is 0. The Labute approximate surface area is 261 Å². The molecule has 6 N–H and O–H groups in total. The fraction of sp³-hybridized carbons (Fsp3) is 0.733. The van der Waals surface area contributed by atoms with Crippen LogP contribution in [-0.4, -0.2) is 123 Å². The lowest BCUT2D eigenvalue weighted by molar-refractivity contribution is -0.165. The SMILES string of the molecule is C=C(C)C(=O)OCC(O)CNC.C=C(C)C(=O)OCCO.CCC(C)(CC(C)(C)C(=O)OCC(O)CNC)C(=O)OCCO. The molecule has 3 unspecified atom stereocenters. The van der Waals surface area contributed by atoms with Crippen LogP contribution in [0.2, 0.25) is 0 Å². The molecule has 0 saturated heterocycles. The van der Waals surface area contributed by atoms with Crippen molar-refractivity contribution >= 4 is 23.9 Å². The van der Waals surface area contributed by atoms with Gasteiger partial charge in [-0.05, 0) is 61.6 Å². The van der Waals surface area contributed by atoms with Crippen LogP contribution in [0.4, 0.5) is 0 Å². The third kappa shape index (κ3) is 22.6. The van der Waals surface area contributed by atoms with Crippen LogP contribution in [0.15, 0.2) is 24.3 Å². The summed E-state index contributed by atoms with van der Waals surface area (Å²) in [6, 6.07) is 0. The van der Waals surface area contributed by atoms with E-state index in [1.807, 2.05) is 6.92 Å². The van der Waals surface area contributed by atoms with Crippen molar-refractivity contribution in [2.24, 2.45) is 10.8 Å². The fourth-order valence-corrected chi connectivity index (χ4v) is 3.21. The van der Waals surface area contributed by atoms with Crippen LogP contribution in [0, 0.1) is 10.8 Å². The Balaban J connectivity index is -0.000000664. The van der Waals surface area contributed by atoms with Gasteiger partial charge in [-0.1, -0.05) is 20.1 Å². The lowest BCUT2D eigenvalue weighted by Gasteiger charge is -2.33. The molecule has 0 amide bonds. The van der Waals surface area contributed by atoms with Crippen molar-refractivity contribution in [1.29, 1.82) is 0 Å². The van der Waals surface area contributed by atoms with E-state index >= 15 is 0 Å². The van der Waals surface area contributed by atoms with E-state index in [0.29, 0.717) is 30.7 Å². The van der Waals surface area contributed by atoms with Crippen molar-refractivity contribution in [3.8, 4) is 0 Å². The highest BCUT2D eigenvalue weighted by molar-refractivity contribution is 5.87. The minimum Gasteiger partial charge on any atom is -0.463 e. The van der Waals surface area contributed by atoms with Gasteiger partial charge in [-0.3, -0.25) is 9.59 Å². The van der Waals surface area contributed by atoms with Gasteiger partial charge in [0, 0.05) is 24.2 Å². The van der Waals surface area contributed by atoms with E-state index in [0.717, 1.165) is 0 Å². The Morgan fingerprint density at radius 2 is 1.14 bits per heavy atom. The van der Waals surface area contributed by atoms with Crippen LogP contribution < -0.4 is 10.6 Å². The molecule has 14 heteroatoms. The van der Waals surface area contributed by atoms with Crippen molar-refractivity contribution in [3.05, 3.63) is 24.3 Å². The molecule has 44 heavy (non-hydrogen) atoms. The normalized spacial score (nSPS) is 13.3. The fourth-order valence-electron chi connectivity index (χ4n) is 3.21. The number of hydrogen-bond donors (Lipinski definition) is 6. The average Bonchev–Trinajstić information content (AvgIpc) is 2.96. The summed E-state index contributed by atoms with van der Waals surface area (Å²) < 4.78 is 19.3. The van der Waals surface area contributed by atoms with Gasteiger partial charge >= 0.3 is 23.9 Å². The number of ether oxygens (including phenoxy) is 4. The predicted octanol–water partition coefficient (Wildman–Crippen LogP) is 0.262. The highest BCUT2D eigenvalue weighted by Gasteiger charge is 2.43. The maximum atomic E-state index is 12.3. The lowest BCUT2D eigenvalue weighted by Crippen LogP contribution is -2.40. The van der Waals surface area contributed by atoms with Crippen LogP contribution in [0.1, 0.15) is 54.4 Å². The third-order valence-corrected chi connectivity index (χ3v) is 5.70. The summed E-state index contributed by atoms with van der Waals surface area (Å²) in [6.07, 6.45) is -0.678. The largest absolute Gasteiger partial charge is 0.463 e. The molecule has 0 aromatic rings. The number of carbonyl (C=O) groups excluding carboxylic acids is 4. The zero-order chi connectivity index (χ0) is 34.9. The molecule has 0 fully saturated rings. The van der Waals surface area contributed by atoms with Crippen LogP contribution in [0.5, 0.6) is 0 Å². The maximum absolute atomic E-state index is 12.3. The second-order valence-electron chi connectivity index (χ2n) is 10.9. The Morgan fingerprint density at radius 1 is 0.727 bits per heavy atom. The van der Waals surface area contributed by atoms with E-state index in [2.05, 4.69) is 33.3 Å². The molecule has 258 valence electrons. The van der Waals surface area contributed by atoms with Gasteiger partial charge in [0.15, 0.2) is 0 Å². The highest BCUT2D eigenvalue weighted by atomic mass is 16.6. The van der Waals surface area contributed by atoms with Gasteiger partial charge in [-0.15, -0.1) is 0 Å². The van der Waals surface area contributed by atoms with Gasteiger partial charge in [0.1, 0.15) is 38.6 Å². The number of hydrogen-bond acceptors (Lipinski definition) is 14. The molecule has 0 bridgehead atoms. The smallest absolute Gasteiger partial charge is 0.333 e. The molecule has 3 atom stereocenters. The van der Waals surface area contributed by atoms with E-state index in [-0.39, 0.29) is 46.1 Å². The molecule has 0 aliphatic rings. The number of carbonyl (C=O) groups is 4. The molecule has 0 aliphatic heterocycles. The van der Waals surface area contributed by atoms with E-state index in [1.54, 1.807) is 48.7 Å². The van der Waals surface area contributed by atoms with E-state index in [9.17, 15) is 24.3 Å². The Bertz CT molecular complexity index is 878. The minimum atomic E-state index is -0.900. The molecule has 0 saturated carbocycles. The van der Waals surface area contributed by atoms with Gasteiger partial charge in [0.05, 0.1) is 24.0 Å². The molecule has 14 nitrogen and oxygen atoms in total. The number of rotatable bonds is 19. The summed E-state index contributed by atoms with van der Waals surface area (Å²) in [7, 11) is 3.41. The third-order valence-electron chi connectivity index (χ3n) is 5.70. The first-order valence-corrected chi connectivity index (χ1v) is 14.3. The molecule has 0 rings (SSSR count). The van der Waals surface area contributed by atoms with Crippen molar-refractivity contribution in [2.45, 2.75) is 66.6 Å². The van der Waals surface area contributed by atoms with Gasteiger partial charge in [0.25, 0.3) is 0 Å².